The van der Waals surface area contributed by atoms with E-state index < -0.39 is 5.91 Å². The summed E-state index contributed by atoms with van der Waals surface area (Å²) in [6.07, 6.45) is 1.42. The van der Waals surface area contributed by atoms with Crippen LogP contribution in [0.1, 0.15) is 12.0 Å². The van der Waals surface area contributed by atoms with E-state index in [1.54, 1.807) is 7.11 Å². The predicted molar refractivity (Wildman–Crippen MR) is 71.8 cm³/mol. The molecular weight excluding hydrogens is 244 g/mol. The number of nitrogens with two attached hydrogens (primary N) is 1. The monoisotopic (exact) mass is 264 g/mol. The summed E-state index contributed by atoms with van der Waals surface area (Å²) >= 11 is 0. The second kappa shape index (κ2) is 6.54. The molecule has 0 aliphatic carbocycles. The van der Waals surface area contributed by atoms with Gasteiger partial charge < -0.3 is 15.2 Å². The second-order valence-corrected chi connectivity index (χ2v) is 4.78. The summed E-state index contributed by atoms with van der Waals surface area (Å²) in [5, 5.41) is 0. The maximum Gasteiger partial charge on any atom is 0.255 e. The zero-order valence-corrected chi connectivity index (χ0v) is 11.2. The zero-order valence-electron chi connectivity index (χ0n) is 11.2. The van der Waals surface area contributed by atoms with Gasteiger partial charge in [-0.1, -0.05) is 12.1 Å². The van der Waals surface area contributed by atoms with Crippen molar-refractivity contribution in [2.75, 3.05) is 26.8 Å². The van der Waals surface area contributed by atoms with Crippen molar-refractivity contribution in [3.05, 3.63) is 29.8 Å². The molecule has 1 aliphatic rings. The molecule has 1 fully saturated rings. The Morgan fingerprint density at radius 2 is 2.37 bits per heavy atom. The van der Waals surface area contributed by atoms with Gasteiger partial charge in [0, 0.05) is 26.7 Å². The number of rotatable bonds is 6. The lowest BCUT2D eigenvalue weighted by atomic mass is 10.2. The number of carbonyl (C=O) groups is 1. The van der Waals surface area contributed by atoms with Crippen molar-refractivity contribution in [2.45, 2.75) is 19.1 Å². The average molecular weight is 264 g/mol. The first-order valence-corrected chi connectivity index (χ1v) is 6.42. The number of nitrogens with zero attached hydrogens (tertiary/aromatic N) is 1. The number of carbonyl (C=O) groups excluding carboxylic acids is 1. The first-order valence-electron chi connectivity index (χ1n) is 6.42. The van der Waals surface area contributed by atoms with Gasteiger partial charge in [0.25, 0.3) is 5.91 Å². The molecule has 19 heavy (non-hydrogen) atoms. The summed E-state index contributed by atoms with van der Waals surface area (Å²) in [6.45, 7) is 2.79. The van der Waals surface area contributed by atoms with Crippen molar-refractivity contribution in [1.82, 2.24) is 4.90 Å². The summed E-state index contributed by atoms with van der Waals surface area (Å²) in [6, 6.07) is 7.75. The SMILES string of the molecule is CO[C@H]1CCN(Cc2cccc(OCC(N)=O)c2)C1. The molecule has 1 aromatic carbocycles. The van der Waals surface area contributed by atoms with Gasteiger partial charge in [-0.3, -0.25) is 9.69 Å². The molecule has 1 saturated heterocycles. The van der Waals surface area contributed by atoms with Crippen LogP contribution in [-0.2, 0) is 16.1 Å². The molecule has 0 radical (unpaired) electrons. The van der Waals surface area contributed by atoms with Crippen LogP contribution in [0.4, 0.5) is 0 Å². The Bertz CT molecular complexity index is 436. The minimum absolute atomic E-state index is 0.0844. The molecule has 1 atom stereocenters. The van der Waals surface area contributed by atoms with Crippen LogP contribution in [0.3, 0.4) is 0 Å². The van der Waals surface area contributed by atoms with Gasteiger partial charge in [0.15, 0.2) is 6.61 Å². The Morgan fingerprint density at radius 3 is 3.05 bits per heavy atom. The van der Waals surface area contributed by atoms with E-state index in [1.165, 1.54) is 5.56 Å². The number of benzene rings is 1. The normalized spacial score (nSPS) is 19.5. The molecule has 1 aliphatic heterocycles. The van der Waals surface area contributed by atoms with Gasteiger partial charge in [-0.15, -0.1) is 0 Å². The molecule has 0 aromatic heterocycles. The van der Waals surface area contributed by atoms with Crippen molar-refractivity contribution in [3.63, 3.8) is 0 Å². The highest BCUT2D eigenvalue weighted by Crippen LogP contribution is 2.18. The lowest BCUT2D eigenvalue weighted by Crippen LogP contribution is -2.22. The van der Waals surface area contributed by atoms with Crippen LogP contribution in [0.25, 0.3) is 0 Å². The predicted octanol–water partition coefficient (Wildman–Crippen LogP) is 0.771. The number of hydrogen-bond acceptors (Lipinski definition) is 4. The van der Waals surface area contributed by atoms with E-state index >= 15 is 0 Å². The number of hydrogen-bond donors (Lipinski definition) is 1. The first kappa shape index (κ1) is 13.8. The summed E-state index contributed by atoms with van der Waals surface area (Å²) in [5.74, 6) is 0.215. The molecule has 2 N–H and O–H groups in total. The summed E-state index contributed by atoms with van der Waals surface area (Å²) in [5.41, 5.74) is 6.22. The lowest BCUT2D eigenvalue weighted by Gasteiger charge is -2.16. The minimum Gasteiger partial charge on any atom is -0.484 e. The fourth-order valence-electron chi connectivity index (χ4n) is 2.28. The molecule has 0 saturated carbocycles. The summed E-state index contributed by atoms with van der Waals surface area (Å²) in [4.78, 5) is 13.0. The van der Waals surface area contributed by atoms with Gasteiger partial charge in [-0.25, -0.2) is 0 Å². The molecule has 104 valence electrons. The van der Waals surface area contributed by atoms with Crippen LogP contribution in [0.15, 0.2) is 24.3 Å². The highest BCUT2D eigenvalue weighted by atomic mass is 16.5. The van der Waals surface area contributed by atoms with Crippen LogP contribution < -0.4 is 10.5 Å². The first-order chi connectivity index (χ1) is 9.17. The van der Waals surface area contributed by atoms with Gasteiger partial charge >= 0.3 is 0 Å². The van der Waals surface area contributed by atoms with Crippen LogP contribution in [0, 0.1) is 0 Å². The Morgan fingerprint density at radius 1 is 1.53 bits per heavy atom. The molecule has 0 unspecified atom stereocenters. The molecule has 0 bridgehead atoms. The van der Waals surface area contributed by atoms with E-state index in [2.05, 4.69) is 11.0 Å². The maximum absolute atomic E-state index is 10.7. The third-order valence-electron chi connectivity index (χ3n) is 3.25. The standard InChI is InChI=1S/C14H20N2O3/c1-18-13-5-6-16(9-13)8-11-3-2-4-12(7-11)19-10-14(15)17/h2-4,7,13H,5-6,8-10H2,1H3,(H2,15,17)/t13-/m0/s1. The molecule has 1 heterocycles. The Hall–Kier alpha value is -1.59. The zero-order chi connectivity index (χ0) is 13.7. The molecule has 5 heteroatoms. The molecule has 0 spiro atoms. The molecule has 1 amide bonds. The van der Waals surface area contributed by atoms with E-state index in [1.807, 2.05) is 18.2 Å². The Balaban J connectivity index is 1.90. The Kier molecular flexibility index (Phi) is 4.76. The smallest absolute Gasteiger partial charge is 0.255 e. The topological polar surface area (TPSA) is 64.8 Å². The largest absolute Gasteiger partial charge is 0.484 e. The number of amides is 1. The van der Waals surface area contributed by atoms with Crippen LogP contribution >= 0.6 is 0 Å². The average Bonchev–Trinajstić information content (AvgIpc) is 2.84. The third kappa shape index (κ3) is 4.22. The van der Waals surface area contributed by atoms with E-state index in [-0.39, 0.29) is 6.61 Å². The van der Waals surface area contributed by atoms with Crippen molar-refractivity contribution in [1.29, 1.82) is 0 Å². The molecular formula is C14H20N2O3. The van der Waals surface area contributed by atoms with Crippen LogP contribution in [0.2, 0.25) is 0 Å². The van der Waals surface area contributed by atoms with E-state index in [0.29, 0.717) is 11.9 Å². The van der Waals surface area contributed by atoms with Gasteiger partial charge in [-0.05, 0) is 24.1 Å². The lowest BCUT2D eigenvalue weighted by molar-refractivity contribution is -0.119. The van der Waals surface area contributed by atoms with Crippen LogP contribution in [-0.4, -0.2) is 43.7 Å². The van der Waals surface area contributed by atoms with Crippen molar-refractivity contribution < 1.29 is 14.3 Å². The third-order valence-corrected chi connectivity index (χ3v) is 3.25. The van der Waals surface area contributed by atoms with Crippen molar-refractivity contribution >= 4 is 5.91 Å². The number of likely N-dealkylation sites (tertiary alicyclic amines) is 1. The maximum atomic E-state index is 10.7. The molecule has 5 nitrogen and oxygen atoms in total. The summed E-state index contributed by atoms with van der Waals surface area (Å²) in [7, 11) is 1.76. The fourth-order valence-corrected chi connectivity index (χ4v) is 2.28. The fraction of sp³-hybridized carbons (Fsp3) is 0.500. The highest BCUT2D eigenvalue weighted by molar-refractivity contribution is 5.75. The Labute approximate surface area is 113 Å². The van der Waals surface area contributed by atoms with E-state index in [9.17, 15) is 4.79 Å². The quantitative estimate of drug-likeness (QED) is 0.824. The van der Waals surface area contributed by atoms with E-state index in [4.69, 9.17) is 15.2 Å². The number of primary amides is 1. The van der Waals surface area contributed by atoms with Gasteiger partial charge in [0.05, 0.1) is 6.10 Å². The van der Waals surface area contributed by atoms with Gasteiger partial charge in [0.2, 0.25) is 0 Å². The second-order valence-electron chi connectivity index (χ2n) is 4.78. The van der Waals surface area contributed by atoms with Crippen molar-refractivity contribution in [3.8, 4) is 5.75 Å². The van der Waals surface area contributed by atoms with Gasteiger partial charge in [0.1, 0.15) is 5.75 Å². The molecule has 1 aromatic rings. The van der Waals surface area contributed by atoms with E-state index in [0.717, 1.165) is 26.1 Å². The van der Waals surface area contributed by atoms with Crippen LogP contribution in [0.5, 0.6) is 5.75 Å². The highest BCUT2D eigenvalue weighted by Gasteiger charge is 2.21. The number of methoxy groups -OCH3 is 1. The number of ether oxygens (including phenoxy) is 2. The van der Waals surface area contributed by atoms with Crippen molar-refractivity contribution in [2.24, 2.45) is 5.73 Å². The summed E-state index contributed by atoms with van der Waals surface area (Å²) < 4.78 is 10.6. The minimum atomic E-state index is -0.465. The van der Waals surface area contributed by atoms with Gasteiger partial charge in [-0.2, -0.15) is 0 Å². The molecule has 2 rings (SSSR count).